The van der Waals surface area contributed by atoms with Crippen molar-refractivity contribution in [3.05, 3.63) is 29.7 Å². The molecule has 1 atom stereocenters. The van der Waals surface area contributed by atoms with Crippen molar-refractivity contribution in [3.63, 3.8) is 0 Å². The summed E-state index contributed by atoms with van der Waals surface area (Å²) in [6, 6.07) is -3.16. The van der Waals surface area contributed by atoms with Gasteiger partial charge in [-0.15, -0.1) is 0 Å². The van der Waals surface area contributed by atoms with Crippen molar-refractivity contribution in [1.82, 2.24) is 5.31 Å². The first-order valence-electron chi connectivity index (χ1n) is 8.32. The second-order valence-electron chi connectivity index (χ2n) is 1.94. The third-order valence-electron chi connectivity index (χ3n) is 1.10. The van der Waals surface area contributed by atoms with Gasteiger partial charge >= 0.3 is 0 Å². The van der Waals surface area contributed by atoms with Crippen molar-refractivity contribution < 1.29 is 22.6 Å². The van der Waals surface area contributed by atoms with Crippen LogP contribution in [0, 0.1) is 0 Å². The Labute approximate surface area is 87.4 Å². The van der Waals surface area contributed by atoms with Crippen LogP contribution in [-0.2, 0) is 0 Å². The predicted octanol–water partition coefficient (Wildman–Crippen LogP) is 0.645. The van der Waals surface area contributed by atoms with E-state index in [2.05, 4.69) is 10.2 Å². The van der Waals surface area contributed by atoms with Gasteiger partial charge in [-0.2, -0.15) is 0 Å². The quantitative estimate of drug-likeness (QED) is 0.620. The normalized spacial score (nSPS) is 29.6. The summed E-state index contributed by atoms with van der Waals surface area (Å²) in [5, 5.41) is 8.18. The van der Waals surface area contributed by atoms with Crippen LogP contribution in [0.5, 0.6) is 5.75 Å². The molecule has 0 heterocycles. The van der Waals surface area contributed by atoms with E-state index in [0.29, 0.717) is 0 Å². The standard InChI is InChI=1S/C9H13NO2/c1-10-6-9(12)7-3-2-4-8(11)5-7/h2-5,9-12H,6H2,1H3/t9-/m0/s1/i1D3,2D,3D,4D,5D,9D,12D/hD2. The Morgan fingerprint density at radius 3 is 3.75 bits per heavy atom. The number of phenols is 1. The zero-order valence-electron chi connectivity index (χ0n) is 17.0. The minimum absolute atomic E-state index is 0.0348. The first-order chi connectivity index (χ1) is 10.4. The molecule has 0 aliphatic heterocycles. The summed E-state index contributed by atoms with van der Waals surface area (Å²) < 4.78 is 81.1. The van der Waals surface area contributed by atoms with Gasteiger partial charge in [-0.1, -0.05) is 12.1 Å². The zero-order chi connectivity index (χ0) is 18.2. The topological polar surface area (TPSA) is 52.5 Å². The molecule has 0 aliphatic carbocycles. The molecule has 3 N–H and O–H groups in total. The van der Waals surface area contributed by atoms with Gasteiger partial charge in [0.1, 0.15) is 7.16 Å². The van der Waals surface area contributed by atoms with E-state index in [1.165, 1.54) is 0 Å². The Hall–Kier alpha value is -1.06. The number of nitrogens with one attached hydrogen (secondary N) is 1. The SMILES string of the molecule is [2H]Oc1c([2H])c([2H])c([2H])c([C@]([2H])(CN([2H])C([2H])([2H])[2H])O[2H])c1[2H]. The van der Waals surface area contributed by atoms with E-state index in [9.17, 15) is 0 Å². The van der Waals surface area contributed by atoms with E-state index >= 15 is 0 Å². The minimum atomic E-state index is -2.94. The molecule has 0 amide bonds. The highest BCUT2D eigenvalue weighted by atomic mass is 16.3. The summed E-state index contributed by atoms with van der Waals surface area (Å²) >= 11 is 0. The van der Waals surface area contributed by atoms with Crippen molar-refractivity contribution in [1.29, 1.82) is 2.86 Å². The van der Waals surface area contributed by atoms with E-state index in [4.69, 9.17) is 15.2 Å². The van der Waals surface area contributed by atoms with Gasteiger partial charge in [0.15, 0.2) is 0 Å². The van der Waals surface area contributed by atoms with Crippen LogP contribution in [0.1, 0.15) is 22.6 Å². The third kappa shape index (κ3) is 2.22. The molecule has 0 saturated heterocycles. The number of phenolic OH excluding ortho intramolecular Hbond substituents is 1. The molecule has 1 aromatic carbocycles. The van der Waals surface area contributed by atoms with Crippen molar-refractivity contribution >= 4 is 0 Å². The van der Waals surface area contributed by atoms with Crippen LogP contribution in [-0.4, -0.2) is 26.6 Å². The van der Waals surface area contributed by atoms with Gasteiger partial charge in [-0.3, -0.25) is 0 Å². The van der Waals surface area contributed by atoms with Gasteiger partial charge in [0, 0.05) is 10.7 Å². The average Bonchev–Trinajstić information content (AvgIpc) is 2.44. The van der Waals surface area contributed by atoms with Crippen molar-refractivity contribution in [3.8, 4) is 5.75 Å². The highest BCUT2D eigenvalue weighted by molar-refractivity contribution is 5.28. The van der Waals surface area contributed by atoms with Crippen LogP contribution < -0.4 is 5.31 Å². The fraction of sp³-hybridized carbons (Fsp3) is 0.333. The lowest BCUT2D eigenvalue weighted by Gasteiger charge is -2.09. The largest absolute Gasteiger partial charge is 0.508 e. The molecule has 1 aromatic rings. The lowest BCUT2D eigenvalue weighted by molar-refractivity contribution is 0.177. The van der Waals surface area contributed by atoms with Crippen LogP contribution >= 0.6 is 0 Å². The molecule has 0 aliphatic rings. The number of likely N-dealkylation sites (N-methyl/N-ethyl adjacent to an activating group) is 1. The van der Waals surface area contributed by atoms with Crippen LogP contribution in [0.2, 0.25) is 1.41 Å². The molecule has 3 nitrogen and oxygen atoms in total. The summed E-state index contributed by atoms with van der Waals surface area (Å²) in [5.74, 6) is -0.736. The van der Waals surface area contributed by atoms with Crippen molar-refractivity contribution in [2.75, 3.05) is 13.5 Å². The number of hydrogen-bond donors (Lipinski definition) is 3. The summed E-state index contributed by atoms with van der Waals surface area (Å²) in [6.45, 7) is -3.98. The molecule has 0 unspecified atom stereocenters. The number of rotatable bonds is 5. The lowest BCUT2D eigenvalue weighted by Crippen LogP contribution is -2.16. The van der Waals surface area contributed by atoms with E-state index in [1.807, 2.05) is 0 Å². The lowest BCUT2D eigenvalue weighted by atomic mass is 10.1. The van der Waals surface area contributed by atoms with Gasteiger partial charge in [0.2, 0.25) is 1.43 Å². The van der Waals surface area contributed by atoms with Crippen molar-refractivity contribution in [2.45, 2.75) is 6.08 Å². The molecule has 0 radical (unpaired) electrons. The van der Waals surface area contributed by atoms with Gasteiger partial charge in [0.25, 0.3) is 1.43 Å². The summed E-state index contributed by atoms with van der Waals surface area (Å²) in [4.78, 5) is 0. The van der Waals surface area contributed by atoms with Crippen LogP contribution in [0.15, 0.2) is 24.2 Å². The monoisotopic (exact) mass is 178 g/mol. The molecule has 0 fully saturated rings. The highest BCUT2D eigenvalue weighted by Crippen LogP contribution is 2.17. The molecular weight excluding hydrogens is 154 g/mol. The molecule has 0 bridgehead atoms. The van der Waals surface area contributed by atoms with E-state index in [-0.39, 0.29) is 5.31 Å². The molecule has 0 spiro atoms. The maximum atomic E-state index is 8.02. The Morgan fingerprint density at radius 1 is 2.00 bits per heavy atom. The zero-order valence-corrected chi connectivity index (χ0v) is 5.97. The van der Waals surface area contributed by atoms with Crippen LogP contribution in [0.3, 0.4) is 0 Å². The van der Waals surface area contributed by atoms with Gasteiger partial charge in [-0.05, 0) is 24.6 Å². The molecule has 12 heavy (non-hydrogen) atoms. The molecule has 66 valence electrons. The minimum Gasteiger partial charge on any atom is -0.508 e. The molecule has 0 saturated carbocycles. The first-order valence-corrected chi connectivity index (χ1v) is 3.05. The fourth-order valence-electron chi connectivity index (χ4n) is 0.617. The van der Waals surface area contributed by atoms with Gasteiger partial charge in [0.05, 0.1) is 12.9 Å². The van der Waals surface area contributed by atoms with E-state index < -0.39 is 55.1 Å². The number of hydrogen-bond acceptors (Lipinski definition) is 3. The first kappa shape index (κ1) is 2.25. The predicted molar refractivity (Wildman–Crippen MR) is 47.0 cm³/mol. The van der Waals surface area contributed by atoms with Gasteiger partial charge < -0.3 is 15.5 Å². The van der Waals surface area contributed by atoms with E-state index in [1.54, 1.807) is 0 Å². The van der Waals surface area contributed by atoms with Gasteiger partial charge in [-0.25, -0.2) is 0 Å². The Kier molecular flexibility index (Phi) is 0.765. The molecular formula is C9H13NO2. The number of benzene rings is 1. The fourth-order valence-corrected chi connectivity index (χ4v) is 0.617. The van der Waals surface area contributed by atoms with Crippen LogP contribution in [0.4, 0.5) is 0 Å². The Balaban J connectivity index is 3.55. The highest BCUT2D eigenvalue weighted by Gasteiger charge is 2.05. The number of aromatic hydroxyl groups is 1. The second-order valence-corrected chi connectivity index (χ2v) is 1.94. The summed E-state index contributed by atoms with van der Waals surface area (Å²) in [7, 11) is 0. The Morgan fingerprint density at radius 2 is 3.00 bits per heavy atom. The number of aliphatic hydroxyl groups is 1. The average molecular weight is 178 g/mol. The molecule has 3 heteroatoms. The molecule has 1 rings (SSSR count). The molecule has 0 aromatic heterocycles. The second kappa shape index (κ2) is 4.09. The third-order valence-corrected chi connectivity index (χ3v) is 1.10. The smallest absolute Gasteiger partial charge is 0.293 e. The van der Waals surface area contributed by atoms with Crippen molar-refractivity contribution in [2.24, 2.45) is 0 Å². The summed E-state index contributed by atoms with van der Waals surface area (Å²) in [5.41, 5.74) is -0.739. The Bertz CT molecular complexity index is 592. The van der Waals surface area contributed by atoms with Crippen LogP contribution in [0.25, 0.3) is 0 Å². The van der Waals surface area contributed by atoms with E-state index in [0.717, 1.165) is 0 Å². The maximum Gasteiger partial charge on any atom is 0.293 e. The summed E-state index contributed by atoms with van der Waals surface area (Å²) in [6.07, 6.45) is -2.68. The maximum absolute atomic E-state index is 8.02.